The van der Waals surface area contributed by atoms with Gasteiger partial charge in [0.05, 0.1) is 13.2 Å². The smallest absolute Gasteiger partial charge is 0.323 e. The monoisotopic (exact) mass is 326 g/mol. The maximum atomic E-state index is 12.8. The molecule has 1 rings (SSSR count). The van der Waals surface area contributed by atoms with Crippen LogP contribution < -0.4 is 0 Å². The van der Waals surface area contributed by atoms with Crippen LogP contribution >= 0.6 is 0 Å². The third kappa shape index (κ3) is 5.22. The Morgan fingerprint density at radius 3 is 1.74 bits per heavy atom. The number of carbonyl (C=O) groups is 2. The second kappa shape index (κ2) is 10.7. The Morgan fingerprint density at radius 2 is 1.35 bits per heavy atom. The molecule has 4 heteroatoms. The molecular weight excluding hydrogens is 292 g/mol. The lowest BCUT2D eigenvalue weighted by Gasteiger charge is -2.37. The summed E-state index contributed by atoms with van der Waals surface area (Å²) in [6, 6.07) is 0. The highest BCUT2D eigenvalue weighted by Gasteiger charge is 2.53. The minimum absolute atomic E-state index is 0.0597. The Labute approximate surface area is 141 Å². The maximum Gasteiger partial charge on any atom is 0.323 e. The topological polar surface area (TPSA) is 52.6 Å². The molecular formula is C19H34O4. The number of hydrogen-bond donors (Lipinski definition) is 0. The van der Waals surface area contributed by atoms with Crippen molar-refractivity contribution in [1.82, 2.24) is 0 Å². The first-order chi connectivity index (χ1) is 11.1. The Hall–Kier alpha value is -1.06. The van der Waals surface area contributed by atoms with E-state index in [1.165, 1.54) is 6.42 Å². The SMILES string of the molecule is CCCCOC(=O)C(CC)(C(=O)OCCCC)C1CCCCC1. The largest absolute Gasteiger partial charge is 0.465 e. The molecule has 0 saturated heterocycles. The number of unbranched alkanes of at least 4 members (excludes halogenated alkanes) is 2. The van der Waals surface area contributed by atoms with Gasteiger partial charge in [0.1, 0.15) is 0 Å². The van der Waals surface area contributed by atoms with Gasteiger partial charge in [0.15, 0.2) is 5.41 Å². The molecule has 0 bridgehead atoms. The Kier molecular flexibility index (Phi) is 9.27. The molecule has 0 aromatic heterocycles. The van der Waals surface area contributed by atoms with Crippen LogP contribution in [0.25, 0.3) is 0 Å². The average molecular weight is 326 g/mol. The summed E-state index contributed by atoms with van der Waals surface area (Å²) in [7, 11) is 0. The van der Waals surface area contributed by atoms with Crippen LogP contribution in [-0.2, 0) is 19.1 Å². The van der Waals surface area contributed by atoms with E-state index < -0.39 is 5.41 Å². The fourth-order valence-corrected chi connectivity index (χ4v) is 3.47. The Morgan fingerprint density at radius 1 is 0.870 bits per heavy atom. The molecule has 0 amide bonds. The van der Waals surface area contributed by atoms with Gasteiger partial charge in [0, 0.05) is 0 Å². The third-order valence-corrected chi connectivity index (χ3v) is 5.05. The van der Waals surface area contributed by atoms with Crippen molar-refractivity contribution in [2.24, 2.45) is 11.3 Å². The second-order valence-corrected chi connectivity index (χ2v) is 6.64. The molecule has 0 radical (unpaired) electrons. The summed E-state index contributed by atoms with van der Waals surface area (Å²) >= 11 is 0. The third-order valence-electron chi connectivity index (χ3n) is 5.05. The van der Waals surface area contributed by atoms with Crippen molar-refractivity contribution in [3.05, 3.63) is 0 Å². The summed E-state index contributed by atoms with van der Waals surface area (Å²) in [6.07, 6.45) is 9.25. The maximum absolute atomic E-state index is 12.8. The zero-order valence-corrected chi connectivity index (χ0v) is 15.2. The molecule has 0 heterocycles. The molecule has 4 nitrogen and oxygen atoms in total. The zero-order chi connectivity index (χ0) is 17.1. The molecule has 0 atom stereocenters. The van der Waals surface area contributed by atoms with E-state index in [0.29, 0.717) is 19.6 Å². The van der Waals surface area contributed by atoms with Gasteiger partial charge in [-0.3, -0.25) is 9.59 Å². The molecule has 0 unspecified atom stereocenters. The van der Waals surface area contributed by atoms with Crippen molar-refractivity contribution in [2.45, 2.75) is 85.0 Å². The fourth-order valence-electron chi connectivity index (χ4n) is 3.47. The molecule has 0 aliphatic heterocycles. The van der Waals surface area contributed by atoms with Crippen LogP contribution in [-0.4, -0.2) is 25.2 Å². The molecule has 0 aromatic rings. The van der Waals surface area contributed by atoms with Crippen LogP contribution in [0.1, 0.15) is 85.0 Å². The van der Waals surface area contributed by atoms with Gasteiger partial charge in [-0.05, 0) is 38.0 Å². The highest BCUT2D eigenvalue weighted by Crippen LogP contribution is 2.43. The van der Waals surface area contributed by atoms with Crippen LogP contribution in [0.15, 0.2) is 0 Å². The number of carbonyl (C=O) groups excluding carboxylic acids is 2. The standard InChI is InChI=1S/C19H34O4/c1-4-7-14-22-17(20)19(6-3,16-12-10-9-11-13-16)18(21)23-15-8-5-2/h16H,4-15H2,1-3H3. The summed E-state index contributed by atoms with van der Waals surface area (Å²) < 4.78 is 11.0. The van der Waals surface area contributed by atoms with Crippen molar-refractivity contribution in [3.63, 3.8) is 0 Å². The first-order valence-electron chi connectivity index (χ1n) is 9.47. The summed E-state index contributed by atoms with van der Waals surface area (Å²) in [5, 5.41) is 0. The lowest BCUT2D eigenvalue weighted by molar-refractivity contribution is -0.179. The summed E-state index contributed by atoms with van der Waals surface area (Å²) in [5.41, 5.74) is -1.10. The number of esters is 2. The van der Waals surface area contributed by atoms with E-state index in [4.69, 9.17) is 9.47 Å². The second-order valence-electron chi connectivity index (χ2n) is 6.64. The van der Waals surface area contributed by atoms with Gasteiger partial charge in [-0.15, -0.1) is 0 Å². The van der Waals surface area contributed by atoms with E-state index in [0.717, 1.165) is 51.4 Å². The molecule has 1 fully saturated rings. The molecule has 23 heavy (non-hydrogen) atoms. The molecule has 0 spiro atoms. The van der Waals surface area contributed by atoms with E-state index in [9.17, 15) is 9.59 Å². The van der Waals surface area contributed by atoms with Gasteiger partial charge in [-0.25, -0.2) is 0 Å². The van der Waals surface area contributed by atoms with Crippen molar-refractivity contribution in [3.8, 4) is 0 Å². The molecule has 1 saturated carbocycles. The zero-order valence-electron chi connectivity index (χ0n) is 15.2. The van der Waals surface area contributed by atoms with Crippen molar-refractivity contribution >= 4 is 11.9 Å². The molecule has 134 valence electrons. The Balaban J connectivity index is 2.90. The van der Waals surface area contributed by atoms with E-state index in [-0.39, 0.29) is 17.9 Å². The predicted molar refractivity (Wildman–Crippen MR) is 91.0 cm³/mol. The number of hydrogen-bond acceptors (Lipinski definition) is 4. The van der Waals surface area contributed by atoms with Crippen molar-refractivity contribution in [1.29, 1.82) is 0 Å². The van der Waals surface area contributed by atoms with E-state index in [1.54, 1.807) is 0 Å². The van der Waals surface area contributed by atoms with Crippen LogP contribution in [0.5, 0.6) is 0 Å². The normalized spacial score (nSPS) is 16.1. The summed E-state index contributed by atoms with van der Waals surface area (Å²) in [4.78, 5) is 25.6. The summed E-state index contributed by atoms with van der Waals surface area (Å²) in [6.45, 7) is 6.82. The minimum atomic E-state index is -1.10. The predicted octanol–water partition coefficient (Wildman–Crippen LogP) is 4.65. The minimum Gasteiger partial charge on any atom is -0.465 e. The average Bonchev–Trinajstić information content (AvgIpc) is 2.57. The first kappa shape index (κ1) is 20.0. The molecule has 0 N–H and O–H groups in total. The van der Waals surface area contributed by atoms with Gasteiger partial charge < -0.3 is 9.47 Å². The van der Waals surface area contributed by atoms with Crippen LogP contribution in [0.2, 0.25) is 0 Å². The van der Waals surface area contributed by atoms with E-state index in [1.807, 2.05) is 6.92 Å². The number of ether oxygens (including phenoxy) is 2. The summed E-state index contributed by atoms with van der Waals surface area (Å²) in [5.74, 6) is -0.659. The quantitative estimate of drug-likeness (QED) is 0.333. The van der Waals surface area contributed by atoms with Crippen molar-refractivity contribution < 1.29 is 19.1 Å². The van der Waals surface area contributed by atoms with Gasteiger partial charge in [-0.1, -0.05) is 52.9 Å². The van der Waals surface area contributed by atoms with E-state index >= 15 is 0 Å². The Bertz CT molecular complexity index is 336. The molecule has 0 aromatic carbocycles. The van der Waals surface area contributed by atoms with Crippen molar-refractivity contribution in [2.75, 3.05) is 13.2 Å². The van der Waals surface area contributed by atoms with Gasteiger partial charge in [-0.2, -0.15) is 0 Å². The van der Waals surface area contributed by atoms with Crippen LogP contribution in [0.3, 0.4) is 0 Å². The fraction of sp³-hybridized carbons (Fsp3) is 0.895. The van der Waals surface area contributed by atoms with Gasteiger partial charge in [0.2, 0.25) is 0 Å². The number of rotatable bonds is 10. The first-order valence-corrected chi connectivity index (χ1v) is 9.47. The van der Waals surface area contributed by atoms with Crippen LogP contribution in [0, 0.1) is 11.3 Å². The lowest BCUT2D eigenvalue weighted by Crippen LogP contribution is -2.48. The highest BCUT2D eigenvalue weighted by atomic mass is 16.6. The molecule has 1 aliphatic carbocycles. The van der Waals surface area contributed by atoms with Crippen LogP contribution in [0.4, 0.5) is 0 Å². The lowest BCUT2D eigenvalue weighted by atomic mass is 9.67. The van der Waals surface area contributed by atoms with Gasteiger partial charge in [0.25, 0.3) is 0 Å². The highest BCUT2D eigenvalue weighted by molar-refractivity contribution is 6.00. The van der Waals surface area contributed by atoms with Gasteiger partial charge >= 0.3 is 11.9 Å². The molecule has 1 aliphatic rings. The van der Waals surface area contributed by atoms with E-state index in [2.05, 4.69) is 13.8 Å².